The van der Waals surface area contributed by atoms with Crippen LogP contribution in [0.5, 0.6) is 0 Å². The third kappa shape index (κ3) is 3.87. The first-order chi connectivity index (χ1) is 8.93. The van der Waals surface area contributed by atoms with E-state index in [1.807, 2.05) is 0 Å². The van der Waals surface area contributed by atoms with E-state index in [4.69, 9.17) is 10.9 Å². The van der Waals surface area contributed by atoms with Gasteiger partial charge < -0.3 is 10.5 Å². The number of aliphatic hydroxyl groups is 1. The van der Waals surface area contributed by atoms with Gasteiger partial charge >= 0.3 is 0 Å². The average Bonchev–Trinajstić information content (AvgIpc) is 2.38. The number of pyridine rings is 1. The van der Waals surface area contributed by atoms with Crippen LogP contribution in [0.1, 0.15) is 20.3 Å². The third-order valence-electron chi connectivity index (χ3n) is 2.60. The van der Waals surface area contributed by atoms with E-state index in [9.17, 15) is 8.42 Å². The summed E-state index contributed by atoms with van der Waals surface area (Å²) in [5.74, 6) is 5.58. The molecule has 1 rings (SSSR count). The van der Waals surface area contributed by atoms with Crippen molar-refractivity contribution in [1.82, 2.24) is 9.29 Å². The highest BCUT2D eigenvalue weighted by molar-refractivity contribution is 7.89. The first kappa shape index (κ1) is 15.8. The van der Waals surface area contributed by atoms with Crippen molar-refractivity contribution in [3.05, 3.63) is 18.3 Å². The molecule has 0 aliphatic heterocycles. The number of nitrogens with one attached hydrogen (secondary N) is 1. The lowest BCUT2D eigenvalue weighted by atomic mass is 10.3. The van der Waals surface area contributed by atoms with Crippen molar-refractivity contribution in [2.75, 3.05) is 18.6 Å². The number of anilines is 1. The Morgan fingerprint density at radius 2 is 2.16 bits per heavy atom. The molecule has 1 aromatic heterocycles. The van der Waals surface area contributed by atoms with Gasteiger partial charge in [0.25, 0.3) is 0 Å². The molecule has 7 nitrogen and oxygen atoms in total. The summed E-state index contributed by atoms with van der Waals surface area (Å²) in [6, 6.07) is 2.76. The minimum absolute atomic E-state index is 0.0486. The molecule has 0 saturated heterocycles. The molecular formula is C11H20N4O3S. The molecule has 1 heterocycles. The van der Waals surface area contributed by atoms with Crippen LogP contribution >= 0.6 is 0 Å². The van der Waals surface area contributed by atoms with Crippen LogP contribution in [0.3, 0.4) is 0 Å². The number of sulfonamides is 1. The van der Waals surface area contributed by atoms with Crippen molar-refractivity contribution >= 4 is 15.8 Å². The number of hydrogen-bond acceptors (Lipinski definition) is 6. The molecule has 0 aliphatic rings. The van der Waals surface area contributed by atoms with Crippen molar-refractivity contribution in [3.63, 3.8) is 0 Å². The molecule has 0 saturated carbocycles. The number of rotatable bonds is 7. The predicted molar refractivity (Wildman–Crippen MR) is 72.8 cm³/mol. The summed E-state index contributed by atoms with van der Waals surface area (Å²) in [6.07, 6.45) is 1.66. The molecule has 1 aromatic rings. The Morgan fingerprint density at radius 3 is 2.58 bits per heavy atom. The largest absolute Gasteiger partial charge is 0.396 e. The van der Waals surface area contributed by atoms with Crippen LogP contribution < -0.4 is 11.3 Å². The molecule has 0 radical (unpaired) electrons. The zero-order chi connectivity index (χ0) is 14.5. The average molecular weight is 288 g/mol. The van der Waals surface area contributed by atoms with Crippen LogP contribution in [-0.2, 0) is 10.0 Å². The van der Waals surface area contributed by atoms with Crippen molar-refractivity contribution in [3.8, 4) is 0 Å². The number of nitrogen functional groups attached to an aromatic ring is 1. The van der Waals surface area contributed by atoms with Crippen molar-refractivity contribution in [2.24, 2.45) is 5.84 Å². The minimum Gasteiger partial charge on any atom is -0.396 e. The second-order valence-electron chi connectivity index (χ2n) is 4.31. The number of hydrogen-bond donors (Lipinski definition) is 3. The maximum Gasteiger partial charge on any atom is 0.244 e. The highest BCUT2D eigenvalue weighted by Crippen LogP contribution is 2.18. The molecular weight excluding hydrogens is 268 g/mol. The highest BCUT2D eigenvalue weighted by Gasteiger charge is 2.26. The number of aliphatic hydroxyl groups excluding tert-OH is 1. The van der Waals surface area contributed by atoms with Gasteiger partial charge in [0, 0.05) is 25.4 Å². The molecule has 0 fully saturated rings. The van der Waals surface area contributed by atoms with Crippen LogP contribution in [0.2, 0.25) is 0 Å². The Balaban J connectivity index is 3.04. The van der Waals surface area contributed by atoms with E-state index in [-0.39, 0.29) is 24.1 Å². The molecule has 8 heteroatoms. The molecule has 0 aliphatic carbocycles. The van der Waals surface area contributed by atoms with Crippen molar-refractivity contribution in [1.29, 1.82) is 0 Å². The van der Waals surface area contributed by atoms with E-state index in [0.29, 0.717) is 12.2 Å². The molecule has 0 aromatic carbocycles. The molecule has 0 spiro atoms. The summed E-state index contributed by atoms with van der Waals surface area (Å²) in [5.41, 5.74) is 2.34. The zero-order valence-corrected chi connectivity index (χ0v) is 11.9. The number of aromatic nitrogens is 1. The molecule has 0 atom stereocenters. The summed E-state index contributed by atoms with van der Waals surface area (Å²) in [7, 11) is -3.61. The summed E-state index contributed by atoms with van der Waals surface area (Å²) >= 11 is 0. The van der Waals surface area contributed by atoms with Gasteiger partial charge in [-0.05, 0) is 32.4 Å². The fourth-order valence-corrected chi connectivity index (χ4v) is 3.26. The van der Waals surface area contributed by atoms with E-state index < -0.39 is 10.0 Å². The van der Waals surface area contributed by atoms with Crippen molar-refractivity contribution < 1.29 is 13.5 Å². The smallest absolute Gasteiger partial charge is 0.244 e. The van der Waals surface area contributed by atoms with Crippen molar-refractivity contribution in [2.45, 2.75) is 31.2 Å². The lowest BCUT2D eigenvalue weighted by molar-refractivity contribution is 0.258. The Labute approximate surface area is 113 Å². The number of hydrazine groups is 1. The van der Waals surface area contributed by atoms with E-state index in [1.54, 1.807) is 13.8 Å². The van der Waals surface area contributed by atoms with Gasteiger partial charge in [0.05, 0.1) is 0 Å². The first-order valence-electron chi connectivity index (χ1n) is 5.99. The molecule has 0 bridgehead atoms. The molecule has 0 amide bonds. The third-order valence-corrected chi connectivity index (χ3v) is 4.66. The molecule has 0 unspecified atom stereocenters. The lowest BCUT2D eigenvalue weighted by Gasteiger charge is -2.25. The van der Waals surface area contributed by atoms with Gasteiger partial charge in [-0.25, -0.2) is 19.2 Å². The lowest BCUT2D eigenvalue weighted by Crippen LogP contribution is -2.38. The van der Waals surface area contributed by atoms with Gasteiger partial charge in [0.2, 0.25) is 10.0 Å². The second-order valence-corrected chi connectivity index (χ2v) is 6.20. The standard InChI is InChI=1S/C11H20N4O3S/c1-9(2)15(6-3-7-16)19(17,18)10-4-5-11(14-12)13-8-10/h4-5,8-9,16H,3,6-7,12H2,1-2H3,(H,13,14). The fourth-order valence-electron chi connectivity index (χ4n) is 1.64. The van der Waals surface area contributed by atoms with Gasteiger partial charge in [-0.15, -0.1) is 0 Å². The van der Waals surface area contributed by atoms with Crippen LogP contribution in [0.15, 0.2) is 23.2 Å². The van der Waals surface area contributed by atoms with Gasteiger partial charge in [-0.2, -0.15) is 4.31 Å². The monoisotopic (exact) mass is 288 g/mol. The van der Waals surface area contributed by atoms with Gasteiger partial charge in [-0.1, -0.05) is 0 Å². The van der Waals surface area contributed by atoms with Crippen LogP contribution in [0, 0.1) is 0 Å². The van der Waals surface area contributed by atoms with Crippen LogP contribution in [-0.4, -0.2) is 42.0 Å². The summed E-state index contributed by atoms with van der Waals surface area (Å²) < 4.78 is 26.2. The maximum absolute atomic E-state index is 12.4. The van der Waals surface area contributed by atoms with Gasteiger partial charge in [-0.3, -0.25) is 0 Å². The van der Waals surface area contributed by atoms with Gasteiger partial charge in [0.1, 0.15) is 10.7 Å². The topological polar surface area (TPSA) is 109 Å². The predicted octanol–water partition coefficient (Wildman–Crippen LogP) is 0.149. The Morgan fingerprint density at radius 1 is 1.47 bits per heavy atom. The van der Waals surface area contributed by atoms with E-state index in [1.165, 1.54) is 22.6 Å². The quantitative estimate of drug-likeness (QED) is 0.487. The molecule has 19 heavy (non-hydrogen) atoms. The molecule has 4 N–H and O–H groups in total. The second kappa shape index (κ2) is 6.80. The zero-order valence-electron chi connectivity index (χ0n) is 11.1. The highest BCUT2D eigenvalue weighted by atomic mass is 32.2. The van der Waals surface area contributed by atoms with E-state index in [2.05, 4.69) is 10.4 Å². The normalized spacial score (nSPS) is 12.1. The molecule has 108 valence electrons. The minimum atomic E-state index is -3.61. The Kier molecular flexibility index (Phi) is 5.67. The van der Waals surface area contributed by atoms with Crippen LogP contribution in [0.25, 0.3) is 0 Å². The summed E-state index contributed by atoms with van der Waals surface area (Å²) in [4.78, 5) is 4.00. The number of nitrogens with zero attached hydrogens (tertiary/aromatic N) is 2. The Hall–Kier alpha value is -1.22. The number of nitrogens with two attached hydrogens (primary N) is 1. The fraction of sp³-hybridized carbons (Fsp3) is 0.545. The summed E-state index contributed by atoms with van der Waals surface area (Å²) in [5, 5.41) is 8.85. The van der Waals surface area contributed by atoms with E-state index >= 15 is 0 Å². The first-order valence-corrected chi connectivity index (χ1v) is 7.43. The maximum atomic E-state index is 12.4. The summed E-state index contributed by atoms with van der Waals surface area (Å²) in [6.45, 7) is 3.80. The SMILES string of the molecule is CC(C)N(CCCO)S(=O)(=O)c1ccc(NN)nc1. The van der Waals surface area contributed by atoms with Gasteiger partial charge in [0.15, 0.2) is 0 Å². The Bertz CT molecular complexity index is 487. The van der Waals surface area contributed by atoms with Crippen LogP contribution in [0.4, 0.5) is 5.82 Å². The van der Waals surface area contributed by atoms with E-state index in [0.717, 1.165) is 0 Å².